The Morgan fingerprint density at radius 2 is 2.08 bits per heavy atom. The van der Waals surface area contributed by atoms with Crippen LogP contribution in [0.15, 0.2) is 35.6 Å². The zero-order valence-corrected chi connectivity index (χ0v) is 13.7. The van der Waals surface area contributed by atoms with Crippen molar-refractivity contribution in [2.75, 3.05) is 6.54 Å². The molecule has 2 N–H and O–H groups in total. The summed E-state index contributed by atoms with van der Waals surface area (Å²) in [5, 5.41) is 23.9. The molecule has 0 saturated carbocycles. The van der Waals surface area contributed by atoms with Crippen molar-refractivity contribution in [2.45, 2.75) is 38.6 Å². The lowest BCUT2D eigenvalue weighted by Gasteiger charge is -2.20. The zero-order valence-electron chi connectivity index (χ0n) is 13.7. The summed E-state index contributed by atoms with van der Waals surface area (Å²) in [6.07, 6.45) is -1.30. The number of carbonyl (C=O) groups is 1. The van der Waals surface area contributed by atoms with E-state index in [0.29, 0.717) is 16.5 Å². The molecule has 2 atom stereocenters. The Labute approximate surface area is 138 Å². The van der Waals surface area contributed by atoms with Crippen molar-refractivity contribution in [3.63, 3.8) is 0 Å². The molecule has 0 radical (unpaired) electrons. The van der Waals surface area contributed by atoms with E-state index in [2.05, 4.69) is 10.0 Å². The van der Waals surface area contributed by atoms with Crippen LogP contribution < -0.4 is 0 Å². The van der Waals surface area contributed by atoms with Crippen molar-refractivity contribution < 1.29 is 19.7 Å². The standard InChI is InChI=1S/C16H20N4O4/c1-16(2,3)24-15(23)20-7-6-10-8-11(4-5-12(10)20)14(22)13(21)9-18-19-17/h4-8,13-14,21-22H,9H2,1-3H3. The summed E-state index contributed by atoms with van der Waals surface area (Å²) in [5.41, 5.74) is 8.75. The summed E-state index contributed by atoms with van der Waals surface area (Å²) < 4.78 is 6.72. The number of rotatable bonds is 4. The van der Waals surface area contributed by atoms with Gasteiger partial charge in [-0.05, 0) is 50.1 Å². The zero-order chi connectivity index (χ0) is 17.9. The first-order chi connectivity index (χ1) is 11.2. The maximum absolute atomic E-state index is 12.2. The molecular weight excluding hydrogens is 312 g/mol. The molecule has 8 heteroatoms. The van der Waals surface area contributed by atoms with Gasteiger partial charge >= 0.3 is 6.09 Å². The van der Waals surface area contributed by atoms with E-state index in [1.807, 2.05) is 0 Å². The van der Waals surface area contributed by atoms with Crippen LogP contribution >= 0.6 is 0 Å². The second-order valence-electron chi connectivity index (χ2n) is 6.41. The number of azide groups is 1. The van der Waals surface area contributed by atoms with Crippen molar-refractivity contribution in [3.05, 3.63) is 46.5 Å². The summed E-state index contributed by atoms with van der Waals surface area (Å²) in [5.74, 6) is 0. The fourth-order valence-corrected chi connectivity index (χ4v) is 2.26. The number of nitrogens with zero attached hydrogens (tertiary/aromatic N) is 4. The minimum absolute atomic E-state index is 0.228. The fraction of sp³-hybridized carbons (Fsp3) is 0.438. The van der Waals surface area contributed by atoms with Crippen LogP contribution in [0.5, 0.6) is 0 Å². The van der Waals surface area contributed by atoms with Gasteiger partial charge in [0, 0.05) is 16.5 Å². The Morgan fingerprint density at radius 1 is 1.38 bits per heavy atom. The van der Waals surface area contributed by atoms with E-state index < -0.39 is 23.9 Å². The number of aliphatic hydroxyl groups is 2. The summed E-state index contributed by atoms with van der Waals surface area (Å²) in [4.78, 5) is 14.7. The van der Waals surface area contributed by atoms with E-state index in [1.54, 1.807) is 51.2 Å². The Balaban J connectivity index is 2.27. The van der Waals surface area contributed by atoms with Crippen LogP contribution in [0.25, 0.3) is 21.3 Å². The second kappa shape index (κ2) is 6.92. The molecule has 1 heterocycles. The van der Waals surface area contributed by atoms with Crippen molar-refractivity contribution in [1.29, 1.82) is 0 Å². The van der Waals surface area contributed by atoms with Gasteiger partial charge in [-0.15, -0.1) is 0 Å². The van der Waals surface area contributed by atoms with Gasteiger partial charge in [0.05, 0.1) is 18.2 Å². The highest BCUT2D eigenvalue weighted by Gasteiger charge is 2.21. The number of benzene rings is 1. The summed E-state index contributed by atoms with van der Waals surface area (Å²) >= 11 is 0. The van der Waals surface area contributed by atoms with Crippen LogP contribution in [0, 0.1) is 0 Å². The first-order valence-corrected chi connectivity index (χ1v) is 7.44. The van der Waals surface area contributed by atoms with Gasteiger partial charge in [0.2, 0.25) is 0 Å². The predicted octanol–water partition coefficient (Wildman–Crippen LogP) is 3.13. The molecule has 0 aliphatic heterocycles. The molecule has 2 aromatic rings. The molecule has 1 aromatic carbocycles. The van der Waals surface area contributed by atoms with Crippen LogP contribution in [-0.2, 0) is 4.74 Å². The molecule has 8 nitrogen and oxygen atoms in total. The number of aliphatic hydroxyl groups excluding tert-OH is 2. The van der Waals surface area contributed by atoms with Gasteiger partial charge in [0.15, 0.2) is 0 Å². The molecule has 0 bridgehead atoms. The first-order valence-electron chi connectivity index (χ1n) is 7.44. The number of hydrogen-bond acceptors (Lipinski definition) is 5. The number of hydrogen-bond donors (Lipinski definition) is 2. The average molecular weight is 332 g/mol. The minimum Gasteiger partial charge on any atom is -0.443 e. The molecule has 2 unspecified atom stereocenters. The lowest BCUT2D eigenvalue weighted by atomic mass is 10.0. The van der Waals surface area contributed by atoms with E-state index in [-0.39, 0.29) is 6.54 Å². The Morgan fingerprint density at radius 3 is 2.71 bits per heavy atom. The highest BCUT2D eigenvalue weighted by molar-refractivity contribution is 5.90. The predicted molar refractivity (Wildman–Crippen MR) is 88.5 cm³/mol. The highest BCUT2D eigenvalue weighted by atomic mass is 16.6. The topological polar surface area (TPSA) is 120 Å². The number of aromatic nitrogens is 1. The van der Waals surface area contributed by atoms with E-state index in [4.69, 9.17) is 10.3 Å². The normalized spacial score (nSPS) is 14.0. The van der Waals surface area contributed by atoms with Crippen molar-refractivity contribution in [3.8, 4) is 0 Å². The highest BCUT2D eigenvalue weighted by Crippen LogP contribution is 2.24. The van der Waals surface area contributed by atoms with Crippen LogP contribution in [0.4, 0.5) is 4.79 Å². The summed E-state index contributed by atoms with van der Waals surface area (Å²) in [6, 6.07) is 6.65. The Hall–Kier alpha value is -2.54. The third kappa shape index (κ3) is 4.05. The first kappa shape index (κ1) is 17.8. The average Bonchev–Trinajstić information content (AvgIpc) is 2.93. The molecule has 0 saturated heterocycles. The SMILES string of the molecule is CC(C)(C)OC(=O)n1ccc2cc(C(O)C(O)CN=[N+]=[N-])ccc21. The molecule has 0 aliphatic rings. The smallest absolute Gasteiger partial charge is 0.418 e. The van der Waals surface area contributed by atoms with Gasteiger partial charge in [-0.1, -0.05) is 11.2 Å². The maximum Gasteiger partial charge on any atom is 0.418 e. The Bertz CT molecular complexity index is 787. The van der Waals surface area contributed by atoms with E-state index in [9.17, 15) is 15.0 Å². The fourth-order valence-electron chi connectivity index (χ4n) is 2.26. The molecule has 0 amide bonds. The van der Waals surface area contributed by atoms with Gasteiger partial charge in [0.1, 0.15) is 11.7 Å². The van der Waals surface area contributed by atoms with Crippen molar-refractivity contribution in [2.24, 2.45) is 5.11 Å². The van der Waals surface area contributed by atoms with Gasteiger partial charge in [0.25, 0.3) is 0 Å². The third-order valence-electron chi connectivity index (χ3n) is 3.34. The lowest BCUT2D eigenvalue weighted by Crippen LogP contribution is -2.26. The largest absolute Gasteiger partial charge is 0.443 e. The monoisotopic (exact) mass is 332 g/mol. The molecule has 0 aliphatic carbocycles. The molecule has 0 fully saturated rings. The number of fused-ring (bicyclic) bond motifs is 1. The van der Waals surface area contributed by atoms with Crippen LogP contribution in [0.3, 0.4) is 0 Å². The minimum atomic E-state index is -1.20. The van der Waals surface area contributed by atoms with E-state index in [1.165, 1.54) is 4.57 Å². The van der Waals surface area contributed by atoms with Crippen LogP contribution in [-0.4, -0.2) is 39.1 Å². The van der Waals surface area contributed by atoms with Crippen LogP contribution in [0.1, 0.15) is 32.4 Å². The molecule has 24 heavy (non-hydrogen) atoms. The van der Waals surface area contributed by atoms with Gasteiger partial charge < -0.3 is 14.9 Å². The third-order valence-corrected chi connectivity index (χ3v) is 3.34. The van der Waals surface area contributed by atoms with Crippen molar-refractivity contribution >= 4 is 17.0 Å². The molecular formula is C16H20N4O4. The van der Waals surface area contributed by atoms with E-state index >= 15 is 0 Å². The number of ether oxygens (including phenoxy) is 1. The maximum atomic E-state index is 12.2. The second-order valence-corrected chi connectivity index (χ2v) is 6.41. The molecule has 1 aromatic heterocycles. The lowest BCUT2D eigenvalue weighted by molar-refractivity contribution is 0.0245. The van der Waals surface area contributed by atoms with Gasteiger partial charge in [-0.2, -0.15) is 0 Å². The Kier molecular flexibility index (Phi) is 5.14. The summed E-state index contributed by atoms with van der Waals surface area (Å²) in [7, 11) is 0. The molecule has 0 spiro atoms. The van der Waals surface area contributed by atoms with Crippen LogP contribution in [0.2, 0.25) is 0 Å². The quantitative estimate of drug-likeness (QED) is 0.507. The molecule has 128 valence electrons. The van der Waals surface area contributed by atoms with Gasteiger partial charge in [-0.25, -0.2) is 4.79 Å². The molecule has 2 rings (SSSR count). The van der Waals surface area contributed by atoms with E-state index in [0.717, 1.165) is 0 Å². The summed E-state index contributed by atoms with van der Waals surface area (Å²) in [6.45, 7) is 5.14. The van der Waals surface area contributed by atoms with Crippen molar-refractivity contribution in [1.82, 2.24) is 4.57 Å². The van der Waals surface area contributed by atoms with Gasteiger partial charge in [-0.3, -0.25) is 4.57 Å². The number of carbonyl (C=O) groups excluding carboxylic acids is 1.